The first-order valence-corrected chi connectivity index (χ1v) is 8.21. The molecular weight excluding hydrogens is 318 g/mol. The molecule has 6 heteroatoms. The number of ether oxygens (including phenoxy) is 1. The second kappa shape index (κ2) is 9.15. The summed E-state index contributed by atoms with van der Waals surface area (Å²) in [6.07, 6.45) is 3.53. The van der Waals surface area contributed by atoms with Gasteiger partial charge in [0, 0.05) is 25.5 Å². The fraction of sp³-hybridized carbons (Fsp3) is 0.368. The Morgan fingerprint density at radius 3 is 2.36 bits per heavy atom. The molecule has 25 heavy (non-hydrogen) atoms. The van der Waals surface area contributed by atoms with Gasteiger partial charge >= 0.3 is 5.97 Å². The van der Waals surface area contributed by atoms with Crippen molar-refractivity contribution in [2.24, 2.45) is 11.8 Å². The lowest BCUT2D eigenvalue weighted by Crippen LogP contribution is -2.45. The Morgan fingerprint density at radius 2 is 1.84 bits per heavy atom. The minimum Gasteiger partial charge on any atom is -0.497 e. The zero-order valence-electron chi connectivity index (χ0n) is 14.9. The van der Waals surface area contributed by atoms with Crippen LogP contribution >= 0.6 is 0 Å². The van der Waals surface area contributed by atoms with Gasteiger partial charge in [0.1, 0.15) is 11.8 Å². The number of rotatable bonds is 8. The van der Waals surface area contributed by atoms with Crippen LogP contribution in [0.25, 0.3) is 0 Å². The molecule has 0 aliphatic carbocycles. The summed E-state index contributed by atoms with van der Waals surface area (Å²) in [6.45, 7) is 5.10. The van der Waals surface area contributed by atoms with E-state index in [4.69, 9.17) is 10.6 Å². The maximum Gasteiger partial charge on any atom is 0.342 e. The van der Waals surface area contributed by atoms with Crippen LogP contribution in [0.4, 0.5) is 0 Å². The van der Waals surface area contributed by atoms with Crippen molar-refractivity contribution < 1.29 is 14.4 Å². The first kappa shape index (κ1) is 18.9. The lowest BCUT2D eigenvalue weighted by atomic mass is 10.0. The Labute approximate surface area is 148 Å². The molecule has 134 valence electrons. The summed E-state index contributed by atoms with van der Waals surface area (Å²) in [5.74, 6) is 5.57. The molecule has 2 aromatic rings. The van der Waals surface area contributed by atoms with E-state index in [2.05, 4.69) is 14.7 Å². The van der Waals surface area contributed by atoms with Crippen LogP contribution in [0.15, 0.2) is 48.8 Å². The van der Waals surface area contributed by atoms with Gasteiger partial charge in [-0.25, -0.2) is 4.79 Å². The molecule has 0 fully saturated rings. The number of benzene rings is 1. The summed E-state index contributed by atoms with van der Waals surface area (Å²) in [6, 6.07) is 11.2. The molecule has 1 unspecified atom stereocenters. The third kappa shape index (κ3) is 5.27. The highest BCUT2D eigenvalue weighted by Crippen LogP contribution is 2.20. The standard InChI is InChI=1S/C19H25N3O3/c1-14(2)18(19(23)25-20)22(13-16-5-4-10-21-11-16)12-15-6-8-17(24-3)9-7-15/h4-11,14,18H,12-13,20H2,1-3H3. The van der Waals surface area contributed by atoms with Crippen LogP contribution in [0.3, 0.4) is 0 Å². The Bertz CT molecular complexity index is 659. The van der Waals surface area contributed by atoms with Crippen molar-refractivity contribution in [2.45, 2.75) is 33.0 Å². The lowest BCUT2D eigenvalue weighted by Gasteiger charge is -2.32. The Balaban J connectivity index is 2.27. The normalized spacial score (nSPS) is 12.2. The zero-order valence-corrected chi connectivity index (χ0v) is 14.9. The van der Waals surface area contributed by atoms with Crippen LogP contribution in [0, 0.1) is 5.92 Å². The van der Waals surface area contributed by atoms with E-state index in [1.165, 1.54) is 0 Å². The summed E-state index contributed by atoms with van der Waals surface area (Å²) < 4.78 is 5.20. The summed E-state index contributed by atoms with van der Waals surface area (Å²) >= 11 is 0. The first-order chi connectivity index (χ1) is 12.0. The number of aromatic nitrogens is 1. The minimum absolute atomic E-state index is 0.0472. The van der Waals surface area contributed by atoms with Crippen LogP contribution in [0.2, 0.25) is 0 Å². The Kier molecular flexibility index (Phi) is 6.91. The molecule has 1 atom stereocenters. The van der Waals surface area contributed by atoms with Crippen LogP contribution in [0.1, 0.15) is 25.0 Å². The predicted molar refractivity (Wildman–Crippen MR) is 95.4 cm³/mol. The first-order valence-electron chi connectivity index (χ1n) is 8.21. The third-order valence-electron chi connectivity index (χ3n) is 4.04. The maximum absolute atomic E-state index is 12.3. The van der Waals surface area contributed by atoms with Gasteiger partial charge in [-0.15, -0.1) is 0 Å². The summed E-state index contributed by atoms with van der Waals surface area (Å²) in [5.41, 5.74) is 2.09. The van der Waals surface area contributed by atoms with E-state index in [1.807, 2.05) is 50.2 Å². The van der Waals surface area contributed by atoms with Gasteiger partial charge in [-0.1, -0.05) is 32.0 Å². The second-order valence-electron chi connectivity index (χ2n) is 6.24. The van der Waals surface area contributed by atoms with Gasteiger partial charge in [-0.2, -0.15) is 5.90 Å². The van der Waals surface area contributed by atoms with E-state index in [0.717, 1.165) is 16.9 Å². The van der Waals surface area contributed by atoms with E-state index in [1.54, 1.807) is 19.5 Å². The molecular formula is C19H25N3O3. The smallest absolute Gasteiger partial charge is 0.342 e. The number of nitrogens with two attached hydrogens (primary N) is 1. The van der Waals surface area contributed by atoms with Gasteiger partial charge in [0.15, 0.2) is 0 Å². The van der Waals surface area contributed by atoms with E-state index in [0.29, 0.717) is 13.1 Å². The van der Waals surface area contributed by atoms with E-state index < -0.39 is 12.0 Å². The lowest BCUT2D eigenvalue weighted by molar-refractivity contribution is -0.153. The molecule has 1 aromatic carbocycles. The molecule has 0 spiro atoms. The molecule has 0 amide bonds. The van der Waals surface area contributed by atoms with Crippen molar-refractivity contribution in [3.8, 4) is 5.75 Å². The number of pyridine rings is 1. The Hall–Kier alpha value is -2.44. The summed E-state index contributed by atoms with van der Waals surface area (Å²) in [4.78, 5) is 23.0. The predicted octanol–water partition coefficient (Wildman–Crippen LogP) is 2.53. The van der Waals surface area contributed by atoms with E-state index in [9.17, 15) is 4.79 Å². The maximum atomic E-state index is 12.3. The number of nitrogens with zero attached hydrogens (tertiary/aromatic N) is 2. The highest BCUT2D eigenvalue weighted by atomic mass is 16.7. The monoisotopic (exact) mass is 343 g/mol. The minimum atomic E-state index is -0.452. The van der Waals surface area contributed by atoms with Gasteiger partial charge in [0.2, 0.25) is 0 Å². The highest BCUT2D eigenvalue weighted by Gasteiger charge is 2.30. The third-order valence-corrected chi connectivity index (χ3v) is 4.04. The summed E-state index contributed by atoms with van der Waals surface area (Å²) in [7, 11) is 1.63. The van der Waals surface area contributed by atoms with Crippen LogP contribution in [-0.4, -0.2) is 29.0 Å². The van der Waals surface area contributed by atoms with E-state index >= 15 is 0 Å². The molecule has 0 saturated carbocycles. The van der Waals surface area contributed by atoms with Crippen molar-refractivity contribution in [1.29, 1.82) is 0 Å². The number of carbonyl (C=O) groups excluding carboxylic acids is 1. The van der Waals surface area contributed by atoms with Crippen molar-refractivity contribution in [3.63, 3.8) is 0 Å². The van der Waals surface area contributed by atoms with Crippen molar-refractivity contribution in [1.82, 2.24) is 9.88 Å². The number of methoxy groups -OCH3 is 1. The fourth-order valence-corrected chi connectivity index (χ4v) is 2.86. The molecule has 0 aliphatic heterocycles. The van der Waals surface area contributed by atoms with Crippen molar-refractivity contribution in [2.75, 3.05) is 7.11 Å². The van der Waals surface area contributed by atoms with Gasteiger partial charge in [-0.05, 0) is 35.2 Å². The number of hydrogen-bond donors (Lipinski definition) is 1. The molecule has 0 aliphatic rings. The average Bonchev–Trinajstić information content (AvgIpc) is 2.62. The molecule has 1 aromatic heterocycles. The van der Waals surface area contributed by atoms with Crippen molar-refractivity contribution >= 4 is 5.97 Å². The molecule has 0 radical (unpaired) electrons. The molecule has 1 heterocycles. The fourth-order valence-electron chi connectivity index (χ4n) is 2.86. The summed E-state index contributed by atoms with van der Waals surface area (Å²) in [5, 5.41) is 0. The molecule has 6 nitrogen and oxygen atoms in total. The van der Waals surface area contributed by atoms with Gasteiger partial charge < -0.3 is 9.57 Å². The topological polar surface area (TPSA) is 77.7 Å². The van der Waals surface area contributed by atoms with Gasteiger partial charge in [-0.3, -0.25) is 9.88 Å². The molecule has 2 N–H and O–H groups in total. The second-order valence-corrected chi connectivity index (χ2v) is 6.24. The van der Waals surface area contributed by atoms with Gasteiger partial charge in [0.25, 0.3) is 0 Å². The van der Waals surface area contributed by atoms with Crippen LogP contribution < -0.4 is 10.6 Å². The number of hydrogen-bond acceptors (Lipinski definition) is 6. The Morgan fingerprint density at radius 1 is 1.16 bits per heavy atom. The quantitative estimate of drug-likeness (QED) is 0.742. The van der Waals surface area contributed by atoms with Crippen LogP contribution in [-0.2, 0) is 22.7 Å². The van der Waals surface area contributed by atoms with E-state index in [-0.39, 0.29) is 5.92 Å². The van der Waals surface area contributed by atoms with Crippen molar-refractivity contribution in [3.05, 3.63) is 59.9 Å². The molecule has 0 saturated heterocycles. The average molecular weight is 343 g/mol. The van der Waals surface area contributed by atoms with Gasteiger partial charge in [0.05, 0.1) is 7.11 Å². The molecule has 0 bridgehead atoms. The zero-order chi connectivity index (χ0) is 18.2. The largest absolute Gasteiger partial charge is 0.497 e. The number of carbonyl (C=O) groups is 1. The molecule has 2 rings (SSSR count). The van der Waals surface area contributed by atoms with Crippen LogP contribution in [0.5, 0.6) is 5.75 Å². The SMILES string of the molecule is COc1ccc(CN(Cc2cccnc2)C(C(=O)ON)C(C)C)cc1. The highest BCUT2D eigenvalue weighted by molar-refractivity contribution is 5.75.